The fourth-order valence-corrected chi connectivity index (χ4v) is 1.68. The van der Waals surface area contributed by atoms with Crippen molar-refractivity contribution in [3.05, 3.63) is 11.3 Å². The van der Waals surface area contributed by atoms with Crippen LogP contribution in [0.4, 0.5) is 0 Å². The molecular formula is C11H17NO3. The van der Waals surface area contributed by atoms with Crippen molar-refractivity contribution in [2.75, 3.05) is 13.2 Å². The topological polar surface area (TPSA) is 46.6 Å². The second kappa shape index (κ2) is 4.96. The Labute approximate surface area is 89.9 Å². The summed E-state index contributed by atoms with van der Waals surface area (Å²) in [5.74, 6) is -0.362. The van der Waals surface area contributed by atoms with Crippen LogP contribution in [0, 0.1) is 0 Å². The molecule has 1 heterocycles. The first kappa shape index (κ1) is 11.8. The summed E-state index contributed by atoms with van der Waals surface area (Å²) in [5, 5.41) is 0. The van der Waals surface area contributed by atoms with Gasteiger partial charge < -0.3 is 9.64 Å². The molecule has 1 amide bonds. The lowest BCUT2D eigenvalue weighted by atomic mass is 10.2. The lowest BCUT2D eigenvalue weighted by Gasteiger charge is -2.16. The first-order valence-electron chi connectivity index (χ1n) is 5.29. The monoisotopic (exact) mass is 211 g/mol. The maximum Gasteiger partial charge on any atom is 0.336 e. The van der Waals surface area contributed by atoms with Crippen molar-refractivity contribution in [3.63, 3.8) is 0 Å². The molecule has 0 saturated heterocycles. The smallest absolute Gasteiger partial charge is 0.336 e. The Balaban J connectivity index is 2.81. The summed E-state index contributed by atoms with van der Waals surface area (Å²) in [6, 6.07) is 0. The molecule has 0 atom stereocenters. The largest absolute Gasteiger partial charge is 0.463 e. The Morgan fingerprint density at radius 3 is 2.67 bits per heavy atom. The summed E-state index contributed by atoms with van der Waals surface area (Å²) in [6.07, 6.45) is 1.07. The minimum atomic E-state index is -0.359. The van der Waals surface area contributed by atoms with Crippen LogP contribution in [0.2, 0.25) is 0 Å². The van der Waals surface area contributed by atoms with Crippen molar-refractivity contribution in [3.8, 4) is 0 Å². The van der Waals surface area contributed by atoms with Crippen LogP contribution in [-0.4, -0.2) is 29.9 Å². The molecule has 4 heteroatoms. The number of allylic oxidation sites excluding steroid dienone is 1. The maximum absolute atomic E-state index is 11.6. The van der Waals surface area contributed by atoms with Crippen molar-refractivity contribution in [1.82, 2.24) is 4.90 Å². The second-order valence-corrected chi connectivity index (χ2v) is 3.51. The molecule has 0 N–H and O–H groups in total. The lowest BCUT2D eigenvalue weighted by molar-refractivity contribution is -0.139. The van der Waals surface area contributed by atoms with Crippen LogP contribution in [0.25, 0.3) is 0 Å². The Kier molecular flexibility index (Phi) is 3.88. The molecule has 0 saturated carbocycles. The summed E-state index contributed by atoms with van der Waals surface area (Å²) in [4.78, 5) is 24.7. The number of hydrogen-bond donors (Lipinski definition) is 0. The van der Waals surface area contributed by atoms with Gasteiger partial charge in [-0.25, -0.2) is 4.79 Å². The number of rotatable bonds is 4. The van der Waals surface area contributed by atoms with Gasteiger partial charge in [-0.15, -0.1) is 0 Å². The van der Waals surface area contributed by atoms with E-state index in [9.17, 15) is 9.59 Å². The van der Waals surface area contributed by atoms with Gasteiger partial charge >= 0.3 is 5.97 Å². The molecule has 1 rings (SSSR count). The molecule has 1 aliphatic rings. The number of hydrogen-bond acceptors (Lipinski definition) is 3. The molecule has 0 aromatic rings. The molecule has 0 aromatic carbocycles. The van der Waals surface area contributed by atoms with E-state index < -0.39 is 0 Å². The van der Waals surface area contributed by atoms with Gasteiger partial charge in [0.1, 0.15) is 0 Å². The van der Waals surface area contributed by atoms with Gasteiger partial charge in [-0.3, -0.25) is 4.79 Å². The highest BCUT2D eigenvalue weighted by atomic mass is 16.5. The number of nitrogens with zero attached hydrogens (tertiary/aromatic N) is 1. The van der Waals surface area contributed by atoms with E-state index in [1.807, 2.05) is 6.92 Å². The average molecular weight is 211 g/mol. The standard InChI is InChI=1S/C11H17NO3/c1-4-6-12-8(3)9(7-10(12)13)11(14)15-5-2/h4-7H2,1-3H3. The molecular weight excluding hydrogens is 194 g/mol. The Bertz CT molecular complexity index is 307. The lowest BCUT2D eigenvalue weighted by Crippen LogP contribution is -2.24. The predicted molar refractivity (Wildman–Crippen MR) is 56.0 cm³/mol. The minimum Gasteiger partial charge on any atom is -0.463 e. The summed E-state index contributed by atoms with van der Waals surface area (Å²) in [6.45, 7) is 6.58. The van der Waals surface area contributed by atoms with Crippen molar-refractivity contribution in [2.24, 2.45) is 0 Å². The maximum atomic E-state index is 11.6. The third-order valence-corrected chi connectivity index (χ3v) is 2.44. The van der Waals surface area contributed by atoms with Gasteiger partial charge in [-0.1, -0.05) is 6.92 Å². The Hall–Kier alpha value is -1.32. The number of ether oxygens (including phenoxy) is 1. The zero-order valence-corrected chi connectivity index (χ0v) is 9.50. The van der Waals surface area contributed by atoms with Crippen molar-refractivity contribution >= 4 is 11.9 Å². The zero-order chi connectivity index (χ0) is 11.4. The van der Waals surface area contributed by atoms with Gasteiger partial charge in [-0.05, 0) is 20.3 Å². The third kappa shape index (κ3) is 2.37. The van der Waals surface area contributed by atoms with Crippen LogP contribution in [0.3, 0.4) is 0 Å². The summed E-state index contributed by atoms with van der Waals surface area (Å²) in [5.41, 5.74) is 1.26. The molecule has 0 radical (unpaired) electrons. The van der Waals surface area contributed by atoms with Crippen LogP contribution in [0.1, 0.15) is 33.6 Å². The average Bonchev–Trinajstić information content (AvgIpc) is 2.47. The number of amides is 1. The van der Waals surface area contributed by atoms with Gasteiger partial charge in [0.2, 0.25) is 5.91 Å². The molecule has 1 aliphatic heterocycles. The van der Waals surface area contributed by atoms with E-state index in [4.69, 9.17) is 4.74 Å². The molecule has 0 aromatic heterocycles. The highest BCUT2D eigenvalue weighted by molar-refractivity contribution is 6.00. The second-order valence-electron chi connectivity index (χ2n) is 3.51. The quantitative estimate of drug-likeness (QED) is 0.661. The van der Waals surface area contributed by atoms with Gasteiger partial charge in [0, 0.05) is 12.2 Å². The minimum absolute atomic E-state index is 0.00240. The SMILES string of the molecule is CCCN1C(=O)CC(C(=O)OCC)=C1C. The molecule has 0 unspecified atom stereocenters. The summed E-state index contributed by atoms with van der Waals surface area (Å²) in [7, 11) is 0. The van der Waals surface area contributed by atoms with Crippen LogP contribution in [0.5, 0.6) is 0 Å². The van der Waals surface area contributed by atoms with E-state index in [0.717, 1.165) is 12.1 Å². The third-order valence-electron chi connectivity index (χ3n) is 2.44. The highest BCUT2D eigenvalue weighted by Crippen LogP contribution is 2.24. The fourth-order valence-electron chi connectivity index (χ4n) is 1.68. The highest BCUT2D eigenvalue weighted by Gasteiger charge is 2.31. The van der Waals surface area contributed by atoms with E-state index in [2.05, 4.69) is 0 Å². The molecule has 0 spiro atoms. The van der Waals surface area contributed by atoms with Gasteiger partial charge in [-0.2, -0.15) is 0 Å². The van der Waals surface area contributed by atoms with E-state index in [1.54, 1.807) is 18.7 Å². The van der Waals surface area contributed by atoms with Crippen LogP contribution in [0.15, 0.2) is 11.3 Å². The Morgan fingerprint density at radius 2 is 2.13 bits per heavy atom. The van der Waals surface area contributed by atoms with Crippen LogP contribution >= 0.6 is 0 Å². The fraction of sp³-hybridized carbons (Fsp3) is 0.636. The molecule has 84 valence electrons. The van der Waals surface area contributed by atoms with Gasteiger partial charge in [0.25, 0.3) is 0 Å². The first-order valence-corrected chi connectivity index (χ1v) is 5.29. The van der Waals surface area contributed by atoms with Crippen LogP contribution in [-0.2, 0) is 14.3 Å². The van der Waals surface area contributed by atoms with Crippen molar-refractivity contribution < 1.29 is 14.3 Å². The van der Waals surface area contributed by atoms with Crippen molar-refractivity contribution in [2.45, 2.75) is 33.6 Å². The Morgan fingerprint density at radius 1 is 1.47 bits per heavy atom. The summed E-state index contributed by atoms with van der Waals surface area (Å²) < 4.78 is 4.90. The van der Waals surface area contributed by atoms with E-state index >= 15 is 0 Å². The number of carbonyl (C=O) groups is 2. The van der Waals surface area contributed by atoms with E-state index in [-0.39, 0.29) is 18.3 Å². The van der Waals surface area contributed by atoms with E-state index in [1.165, 1.54) is 0 Å². The van der Waals surface area contributed by atoms with E-state index in [0.29, 0.717) is 18.7 Å². The van der Waals surface area contributed by atoms with Crippen molar-refractivity contribution in [1.29, 1.82) is 0 Å². The normalized spacial score (nSPS) is 16.2. The number of esters is 1. The van der Waals surface area contributed by atoms with Gasteiger partial charge in [0.15, 0.2) is 0 Å². The molecule has 0 aliphatic carbocycles. The zero-order valence-electron chi connectivity index (χ0n) is 9.50. The van der Waals surface area contributed by atoms with Crippen LogP contribution < -0.4 is 0 Å². The molecule has 15 heavy (non-hydrogen) atoms. The molecule has 4 nitrogen and oxygen atoms in total. The first-order chi connectivity index (χ1) is 7.11. The predicted octanol–water partition coefficient (Wildman–Crippen LogP) is 1.47. The van der Waals surface area contributed by atoms with Gasteiger partial charge in [0.05, 0.1) is 18.6 Å². The molecule has 0 bridgehead atoms. The number of carbonyl (C=O) groups excluding carboxylic acids is 2. The molecule has 0 fully saturated rings. The summed E-state index contributed by atoms with van der Waals surface area (Å²) >= 11 is 0.